The van der Waals surface area contributed by atoms with Crippen molar-refractivity contribution in [1.29, 1.82) is 0 Å². The molecule has 0 radical (unpaired) electrons. The second kappa shape index (κ2) is 6.35. The predicted molar refractivity (Wildman–Crippen MR) is 72.0 cm³/mol. The van der Waals surface area contributed by atoms with E-state index in [1.165, 1.54) is 0 Å². The van der Waals surface area contributed by atoms with Crippen LogP contribution in [0.5, 0.6) is 0 Å². The third-order valence-electron chi connectivity index (χ3n) is 4.07. The highest BCUT2D eigenvalue weighted by molar-refractivity contribution is 7.89. The van der Waals surface area contributed by atoms with E-state index >= 15 is 0 Å². The van der Waals surface area contributed by atoms with Gasteiger partial charge in [-0.05, 0) is 39.0 Å². The van der Waals surface area contributed by atoms with Crippen LogP contribution in [0, 0.1) is 0 Å². The fourth-order valence-corrected chi connectivity index (χ4v) is 4.79. The van der Waals surface area contributed by atoms with Gasteiger partial charge in [0.1, 0.15) is 0 Å². The minimum absolute atomic E-state index is 0.169. The summed E-state index contributed by atoms with van der Waals surface area (Å²) < 4.78 is 32.0. The van der Waals surface area contributed by atoms with E-state index in [1.807, 2.05) is 6.92 Å². The van der Waals surface area contributed by atoms with Gasteiger partial charge in [-0.15, -0.1) is 0 Å². The zero-order valence-corrected chi connectivity index (χ0v) is 12.1. The Kier molecular flexibility index (Phi) is 5.04. The van der Waals surface area contributed by atoms with Gasteiger partial charge in [-0.1, -0.05) is 12.8 Å². The molecule has 0 spiro atoms. The minimum atomic E-state index is -3.09. The lowest BCUT2D eigenvalue weighted by Crippen LogP contribution is -2.40. The molecule has 0 aromatic carbocycles. The number of hydrogen-bond donors (Lipinski definition) is 0. The maximum Gasteiger partial charge on any atom is 0.214 e. The molecule has 5 heteroatoms. The van der Waals surface area contributed by atoms with Gasteiger partial charge in [-0.2, -0.15) is 4.31 Å². The number of sulfonamides is 1. The smallest absolute Gasteiger partial charge is 0.214 e. The first-order chi connectivity index (χ1) is 8.59. The number of rotatable bonds is 4. The van der Waals surface area contributed by atoms with E-state index in [0.717, 1.165) is 45.1 Å². The third kappa shape index (κ3) is 3.68. The van der Waals surface area contributed by atoms with E-state index in [4.69, 9.17) is 4.74 Å². The van der Waals surface area contributed by atoms with E-state index < -0.39 is 10.0 Å². The topological polar surface area (TPSA) is 46.6 Å². The lowest BCUT2D eigenvalue weighted by molar-refractivity contribution is 0.108. The van der Waals surface area contributed by atoms with Crippen LogP contribution in [-0.4, -0.2) is 43.8 Å². The molecule has 0 saturated carbocycles. The van der Waals surface area contributed by atoms with Crippen molar-refractivity contribution in [1.82, 2.24) is 4.31 Å². The average Bonchev–Trinajstić information content (AvgIpc) is 2.75. The largest absolute Gasteiger partial charge is 0.378 e. The van der Waals surface area contributed by atoms with Crippen molar-refractivity contribution in [3.8, 4) is 0 Å². The standard InChI is InChI=1S/C13H25NO3S/c1-12-6-3-2-4-9-14(12)18(15,16)11-8-13-7-5-10-17-13/h12-13H,2-11H2,1H3. The molecule has 106 valence electrons. The molecule has 2 aliphatic heterocycles. The molecule has 0 aromatic heterocycles. The molecule has 0 aromatic rings. The third-order valence-corrected chi connectivity index (χ3v) is 6.08. The van der Waals surface area contributed by atoms with Gasteiger partial charge in [-0.25, -0.2) is 8.42 Å². The maximum atomic E-state index is 12.4. The van der Waals surface area contributed by atoms with Crippen LogP contribution >= 0.6 is 0 Å². The molecule has 2 saturated heterocycles. The monoisotopic (exact) mass is 275 g/mol. The fourth-order valence-electron chi connectivity index (χ4n) is 2.93. The van der Waals surface area contributed by atoms with Crippen molar-refractivity contribution in [3.05, 3.63) is 0 Å². The van der Waals surface area contributed by atoms with Gasteiger partial charge in [0, 0.05) is 19.2 Å². The Hall–Kier alpha value is -0.130. The highest BCUT2D eigenvalue weighted by Gasteiger charge is 2.29. The molecule has 0 amide bonds. The number of ether oxygens (including phenoxy) is 1. The van der Waals surface area contributed by atoms with Crippen molar-refractivity contribution < 1.29 is 13.2 Å². The Morgan fingerprint density at radius 1 is 1.17 bits per heavy atom. The molecule has 2 heterocycles. The highest BCUT2D eigenvalue weighted by atomic mass is 32.2. The Morgan fingerprint density at radius 3 is 2.72 bits per heavy atom. The van der Waals surface area contributed by atoms with Crippen LogP contribution in [0.1, 0.15) is 51.9 Å². The fraction of sp³-hybridized carbons (Fsp3) is 1.00. The van der Waals surface area contributed by atoms with Crippen molar-refractivity contribution in [3.63, 3.8) is 0 Å². The Balaban J connectivity index is 1.91. The van der Waals surface area contributed by atoms with Gasteiger partial charge in [-0.3, -0.25) is 0 Å². The summed E-state index contributed by atoms with van der Waals surface area (Å²) in [7, 11) is -3.09. The van der Waals surface area contributed by atoms with Crippen LogP contribution in [-0.2, 0) is 14.8 Å². The van der Waals surface area contributed by atoms with E-state index in [9.17, 15) is 8.42 Å². The van der Waals surface area contributed by atoms with Gasteiger partial charge in [0.05, 0.1) is 11.9 Å². The first kappa shape index (κ1) is 14.3. The second-order valence-electron chi connectivity index (χ2n) is 5.55. The first-order valence-corrected chi connectivity index (χ1v) is 8.81. The van der Waals surface area contributed by atoms with Crippen LogP contribution in [0.2, 0.25) is 0 Å². The molecule has 2 rings (SSSR count). The molecule has 18 heavy (non-hydrogen) atoms. The molecule has 2 fully saturated rings. The number of hydrogen-bond acceptors (Lipinski definition) is 3. The van der Waals surface area contributed by atoms with Gasteiger partial charge in [0.25, 0.3) is 0 Å². The van der Waals surface area contributed by atoms with E-state index in [-0.39, 0.29) is 17.9 Å². The van der Waals surface area contributed by atoms with Gasteiger partial charge >= 0.3 is 0 Å². The molecule has 0 aliphatic carbocycles. The zero-order valence-electron chi connectivity index (χ0n) is 11.3. The molecular formula is C13H25NO3S. The van der Waals surface area contributed by atoms with Gasteiger partial charge in [0.15, 0.2) is 0 Å². The summed E-state index contributed by atoms with van der Waals surface area (Å²) in [5, 5.41) is 0. The Labute approximate surface area is 111 Å². The lowest BCUT2D eigenvalue weighted by atomic mass is 10.1. The maximum absolute atomic E-state index is 12.4. The van der Waals surface area contributed by atoms with Crippen molar-refractivity contribution in [2.45, 2.75) is 64.0 Å². The molecule has 2 atom stereocenters. The van der Waals surface area contributed by atoms with Crippen LogP contribution in [0.4, 0.5) is 0 Å². The summed E-state index contributed by atoms with van der Waals surface area (Å²) in [5.74, 6) is 0.252. The summed E-state index contributed by atoms with van der Waals surface area (Å²) in [6.07, 6.45) is 7.23. The second-order valence-corrected chi connectivity index (χ2v) is 7.59. The summed E-state index contributed by atoms with van der Waals surface area (Å²) in [6, 6.07) is 0.169. The predicted octanol–water partition coefficient (Wildman–Crippen LogP) is 2.15. The van der Waals surface area contributed by atoms with Gasteiger partial charge < -0.3 is 4.74 Å². The molecule has 0 N–H and O–H groups in total. The molecule has 2 aliphatic rings. The lowest BCUT2D eigenvalue weighted by Gasteiger charge is -2.26. The van der Waals surface area contributed by atoms with Crippen LogP contribution < -0.4 is 0 Å². The highest BCUT2D eigenvalue weighted by Crippen LogP contribution is 2.22. The van der Waals surface area contributed by atoms with E-state index in [2.05, 4.69) is 0 Å². The molecule has 4 nitrogen and oxygen atoms in total. The molecule has 2 unspecified atom stereocenters. The molecule has 0 bridgehead atoms. The summed E-state index contributed by atoms with van der Waals surface area (Å²) in [6.45, 7) is 3.54. The normalized spacial score (nSPS) is 31.4. The van der Waals surface area contributed by atoms with Crippen LogP contribution in [0.3, 0.4) is 0 Å². The Morgan fingerprint density at radius 2 is 2.00 bits per heavy atom. The Bertz CT molecular complexity index is 349. The molecular weight excluding hydrogens is 250 g/mol. The van der Waals surface area contributed by atoms with Crippen molar-refractivity contribution in [2.24, 2.45) is 0 Å². The van der Waals surface area contributed by atoms with Crippen molar-refractivity contribution >= 4 is 10.0 Å². The number of nitrogens with zero attached hydrogens (tertiary/aromatic N) is 1. The van der Waals surface area contributed by atoms with Crippen LogP contribution in [0.15, 0.2) is 0 Å². The zero-order chi connectivity index (χ0) is 13.0. The van der Waals surface area contributed by atoms with Crippen LogP contribution in [0.25, 0.3) is 0 Å². The van der Waals surface area contributed by atoms with E-state index in [1.54, 1.807) is 4.31 Å². The SMILES string of the molecule is CC1CCCCCN1S(=O)(=O)CCC1CCCO1. The van der Waals surface area contributed by atoms with E-state index in [0.29, 0.717) is 13.0 Å². The quantitative estimate of drug-likeness (QED) is 0.790. The first-order valence-electron chi connectivity index (χ1n) is 7.21. The van der Waals surface area contributed by atoms with Crippen molar-refractivity contribution in [2.75, 3.05) is 18.9 Å². The summed E-state index contributed by atoms with van der Waals surface area (Å²) >= 11 is 0. The van der Waals surface area contributed by atoms with Gasteiger partial charge in [0.2, 0.25) is 10.0 Å². The summed E-state index contributed by atoms with van der Waals surface area (Å²) in [5.41, 5.74) is 0. The average molecular weight is 275 g/mol. The summed E-state index contributed by atoms with van der Waals surface area (Å²) in [4.78, 5) is 0. The minimum Gasteiger partial charge on any atom is -0.378 e.